The van der Waals surface area contributed by atoms with E-state index >= 15 is 0 Å². The Bertz CT molecular complexity index is 503. The number of hydrogen-bond donors (Lipinski definition) is 0. The molecule has 3 rings (SSSR count). The molecular formula is C25H39I. The van der Waals surface area contributed by atoms with E-state index < -0.39 is 0 Å². The van der Waals surface area contributed by atoms with Crippen molar-refractivity contribution >= 4 is 22.6 Å². The van der Waals surface area contributed by atoms with Gasteiger partial charge < -0.3 is 0 Å². The van der Waals surface area contributed by atoms with Gasteiger partial charge in [-0.15, -0.1) is 0 Å². The van der Waals surface area contributed by atoms with Crippen LogP contribution in [0.2, 0.25) is 0 Å². The van der Waals surface area contributed by atoms with Crippen molar-refractivity contribution in [2.45, 2.75) is 90.4 Å². The van der Waals surface area contributed by atoms with Gasteiger partial charge >= 0.3 is 0 Å². The Hall–Kier alpha value is -0.0500. The molecule has 0 amide bonds. The number of benzene rings is 1. The Balaban J connectivity index is 1.46. The zero-order chi connectivity index (χ0) is 18.4. The standard InChI is InChI=1S/C25H39I/c1-3-20-4-8-22(9-5-20)24-12-14-25(15-13-24)23-10-6-21(7-11-23)18-19(2)16-17-26/h6-7,10-11,19-20,22,24-25H,3-5,8-9,12-18H2,1-2H3. The average Bonchev–Trinajstić information content (AvgIpc) is 2.69. The van der Waals surface area contributed by atoms with Gasteiger partial charge in [-0.25, -0.2) is 0 Å². The van der Waals surface area contributed by atoms with E-state index in [1.165, 1.54) is 80.6 Å². The lowest BCUT2D eigenvalue weighted by atomic mass is 9.68. The van der Waals surface area contributed by atoms with E-state index in [2.05, 4.69) is 60.7 Å². The molecule has 1 atom stereocenters. The number of rotatable bonds is 7. The molecule has 0 spiro atoms. The molecule has 1 heteroatoms. The lowest BCUT2D eigenvalue weighted by molar-refractivity contribution is 0.158. The third-order valence-electron chi connectivity index (χ3n) is 7.54. The van der Waals surface area contributed by atoms with Crippen LogP contribution in [0.1, 0.15) is 95.1 Å². The van der Waals surface area contributed by atoms with Crippen molar-refractivity contribution in [1.82, 2.24) is 0 Å². The van der Waals surface area contributed by atoms with Crippen molar-refractivity contribution in [2.24, 2.45) is 23.7 Å². The summed E-state index contributed by atoms with van der Waals surface area (Å²) in [6.07, 6.45) is 15.9. The summed E-state index contributed by atoms with van der Waals surface area (Å²) in [5.41, 5.74) is 3.15. The molecule has 2 aliphatic rings. The van der Waals surface area contributed by atoms with Crippen molar-refractivity contribution < 1.29 is 0 Å². The first kappa shape index (κ1) is 20.7. The fourth-order valence-corrected chi connectivity index (χ4v) is 6.67. The molecule has 0 saturated heterocycles. The van der Waals surface area contributed by atoms with Gasteiger partial charge in [-0.3, -0.25) is 0 Å². The van der Waals surface area contributed by atoms with Gasteiger partial charge in [0.15, 0.2) is 0 Å². The zero-order valence-corrected chi connectivity index (χ0v) is 19.2. The molecule has 0 heterocycles. The lowest BCUT2D eigenvalue weighted by Gasteiger charge is -2.38. The highest BCUT2D eigenvalue weighted by Crippen LogP contribution is 2.44. The first-order chi connectivity index (χ1) is 12.7. The molecule has 0 radical (unpaired) electrons. The summed E-state index contributed by atoms with van der Waals surface area (Å²) in [7, 11) is 0. The van der Waals surface area contributed by atoms with Crippen LogP contribution in [0, 0.1) is 23.7 Å². The monoisotopic (exact) mass is 466 g/mol. The van der Waals surface area contributed by atoms with Gasteiger partial charge in [0, 0.05) is 0 Å². The van der Waals surface area contributed by atoms with E-state index in [0.29, 0.717) is 0 Å². The molecule has 0 aromatic heterocycles. The van der Waals surface area contributed by atoms with Gasteiger partial charge in [0.25, 0.3) is 0 Å². The third-order valence-corrected chi connectivity index (χ3v) is 8.17. The maximum absolute atomic E-state index is 2.50. The quantitative estimate of drug-likeness (QED) is 0.281. The average molecular weight is 466 g/mol. The highest BCUT2D eigenvalue weighted by Gasteiger charge is 2.30. The predicted octanol–water partition coefficient (Wildman–Crippen LogP) is 8.18. The summed E-state index contributed by atoms with van der Waals surface area (Å²) in [4.78, 5) is 0. The van der Waals surface area contributed by atoms with E-state index in [0.717, 1.165) is 29.6 Å². The van der Waals surface area contributed by atoms with Crippen molar-refractivity contribution in [1.29, 1.82) is 0 Å². The van der Waals surface area contributed by atoms with Crippen molar-refractivity contribution in [3.8, 4) is 0 Å². The van der Waals surface area contributed by atoms with Gasteiger partial charge in [-0.2, -0.15) is 0 Å². The van der Waals surface area contributed by atoms with Crippen LogP contribution in [0.4, 0.5) is 0 Å². The van der Waals surface area contributed by atoms with Crippen LogP contribution in [-0.2, 0) is 6.42 Å². The molecule has 2 saturated carbocycles. The number of halogens is 1. The summed E-state index contributed by atoms with van der Waals surface area (Å²) in [5.74, 6) is 4.79. The molecule has 2 aliphatic carbocycles. The molecule has 1 aromatic carbocycles. The van der Waals surface area contributed by atoms with Crippen LogP contribution >= 0.6 is 22.6 Å². The van der Waals surface area contributed by atoms with Gasteiger partial charge in [-0.1, -0.05) is 80.0 Å². The maximum atomic E-state index is 2.50. The van der Waals surface area contributed by atoms with Crippen LogP contribution in [0.3, 0.4) is 0 Å². The molecule has 26 heavy (non-hydrogen) atoms. The molecule has 0 N–H and O–H groups in total. The van der Waals surface area contributed by atoms with Crippen LogP contribution in [-0.4, -0.2) is 4.43 Å². The van der Waals surface area contributed by atoms with E-state index in [-0.39, 0.29) is 0 Å². The molecule has 146 valence electrons. The SMILES string of the molecule is CCC1CCC(C2CCC(c3ccc(CC(C)CCI)cc3)CC2)CC1. The van der Waals surface area contributed by atoms with Crippen molar-refractivity contribution in [3.05, 3.63) is 35.4 Å². The topological polar surface area (TPSA) is 0 Å². The van der Waals surface area contributed by atoms with E-state index in [9.17, 15) is 0 Å². The normalized spacial score (nSPS) is 30.9. The fraction of sp³-hybridized carbons (Fsp3) is 0.760. The fourth-order valence-electron chi connectivity index (χ4n) is 5.61. The molecule has 0 aliphatic heterocycles. The highest BCUT2D eigenvalue weighted by molar-refractivity contribution is 14.1. The second-order valence-electron chi connectivity index (χ2n) is 9.33. The van der Waals surface area contributed by atoms with Gasteiger partial charge in [-0.05, 0) is 96.5 Å². The maximum Gasteiger partial charge on any atom is -0.000208 e. The predicted molar refractivity (Wildman–Crippen MR) is 123 cm³/mol. The minimum atomic E-state index is 0.816. The first-order valence-corrected chi connectivity index (χ1v) is 12.9. The third kappa shape index (κ3) is 5.72. The second kappa shape index (κ2) is 10.5. The first-order valence-electron chi connectivity index (χ1n) is 11.3. The Morgan fingerprint density at radius 3 is 2.00 bits per heavy atom. The van der Waals surface area contributed by atoms with Crippen LogP contribution in [0.5, 0.6) is 0 Å². The van der Waals surface area contributed by atoms with Gasteiger partial charge in [0.05, 0.1) is 0 Å². The van der Waals surface area contributed by atoms with Crippen LogP contribution < -0.4 is 0 Å². The van der Waals surface area contributed by atoms with E-state index in [1.54, 1.807) is 5.56 Å². The van der Waals surface area contributed by atoms with E-state index in [4.69, 9.17) is 0 Å². The highest BCUT2D eigenvalue weighted by atomic mass is 127. The summed E-state index contributed by atoms with van der Waals surface area (Å²) >= 11 is 2.50. The largest absolute Gasteiger partial charge is 0.0864 e. The Morgan fingerprint density at radius 1 is 0.885 bits per heavy atom. The lowest BCUT2D eigenvalue weighted by Crippen LogP contribution is -2.25. The Kier molecular flexibility index (Phi) is 8.34. The van der Waals surface area contributed by atoms with Crippen molar-refractivity contribution in [2.75, 3.05) is 4.43 Å². The molecule has 1 unspecified atom stereocenters. The molecule has 0 bridgehead atoms. The van der Waals surface area contributed by atoms with Crippen LogP contribution in [0.25, 0.3) is 0 Å². The molecule has 1 aromatic rings. The summed E-state index contributed by atoms with van der Waals surface area (Å²) in [5, 5.41) is 0. The minimum Gasteiger partial charge on any atom is -0.0864 e. The summed E-state index contributed by atoms with van der Waals surface area (Å²) in [6.45, 7) is 4.77. The number of hydrogen-bond acceptors (Lipinski definition) is 0. The summed E-state index contributed by atoms with van der Waals surface area (Å²) in [6, 6.07) is 9.72. The van der Waals surface area contributed by atoms with Gasteiger partial charge in [0.2, 0.25) is 0 Å². The molecule has 0 nitrogen and oxygen atoms in total. The minimum absolute atomic E-state index is 0.816. The van der Waals surface area contributed by atoms with Crippen molar-refractivity contribution in [3.63, 3.8) is 0 Å². The molecular weight excluding hydrogens is 427 g/mol. The zero-order valence-electron chi connectivity index (χ0n) is 17.1. The number of alkyl halides is 1. The Labute approximate surface area is 176 Å². The van der Waals surface area contributed by atoms with Gasteiger partial charge in [0.1, 0.15) is 0 Å². The second-order valence-corrected chi connectivity index (χ2v) is 10.4. The smallest absolute Gasteiger partial charge is 0.000208 e. The molecule has 2 fully saturated rings. The van der Waals surface area contributed by atoms with E-state index in [1.807, 2.05) is 0 Å². The Morgan fingerprint density at radius 2 is 1.46 bits per heavy atom. The summed E-state index contributed by atoms with van der Waals surface area (Å²) < 4.78 is 1.28. The van der Waals surface area contributed by atoms with Crippen LogP contribution in [0.15, 0.2) is 24.3 Å².